The molecule has 166 valence electrons. The van der Waals surface area contributed by atoms with Crippen LogP contribution in [0.25, 0.3) is 0 Å². The van der Waals surface area contributed by atoms with Crippen LogP contribution in [0.1, 0.15) is 48.5 Å². The van der Waals surface area contributed by atoms with Gasteiger partial charge in [-0.3, -0.25) is 9.59 Å². The first-order chi connectivity index (χ1) is 15.1. The Morgan fingerprint density at radius 2 is 1.53 bits per heavy atom. The van der Waals surface area contributed by atoms with E-state index in [4.69, 9.17) is 27.9 Å². The molecule has 0 aliphatic heterocycles. The second-order valence-electron chi connectivity index (χ2n) is 7.62. The highest BCUT2D eigenvalue weighted by Crippen LogP contribution is 2.41. The summed E-state index contributed by atoms with van der Waals surface area (Å²) in [6, 6.07) is 11.8. The van der Waals surface area contributed by atoms with Gasteiger partial charge < -0.3 is 9.30 Å². The summed E-state index contributed by atoms with van der Waals surface area (Å²) in [6.45, 7) is 7.54. The predicted molar refractivity (Wildman–Crippen MR) is 131 cm³/mol. The molecule has 0 bridgehead atoms. The maximum Gasteiger partial charge on any atom is 0.223 e. The number of carbonyl (C=O) groups excluding carboxylic acids is 2. The number of hydrogen-bond acceptors (Lipinski definition) is 4. The third-order valence-corrected chi connectivity index (χ3v) is 8.12. The molecule has 0 saturated heterocycles. The van der Waals surface area contributed by atoms with Crippen molar-refractivity contribution in [1.82, 2.24) is 0 Å². The maximum absolute atomic E-state index is 13.5. The van der Waals surface area contributed by atoms with Gasteiger partial charge in [0.1, 0.15) is 0 Å². The Kier molecular flexibility index (Phi) is 7.29. The first-order valence-corrected chi connectivity index (χ1v) is 12.1. The molecule has 0 spiro atoms. The van der Waals surface area contributed by atoms with Gasteiger partial charge >= 0.3 is 0 Å². The first kappa shape index (κ1) is 24.3. The van der Waals surface area contributed by atoms with Gasteiger partial charge in [-0.25, -0.2) is 0 Å². The standard InChI is InChI=1S/C25H23Cl2O4P/c1-13-11-14(2)20(16(4)15(13)3)25(29)32(30)24-19(26)12-18(21(27)23(24)31-5)22(28)17-9-7-6-8-10-17/h6-12,32H,1-5H3. The lowest BCUT2D eigenvalue weighted by Crippen LogP contribution is -2.15. The second kappa shape index (κ2) is 9.62. The molecule has 32 heavy (non-hydrogen) atoms. The number of ketones is 1. The Morgan fingerprint density at radius 3 is 2.12 bits per heavy atom. The number of benzene rings is 3. The minimum Gasteiger partial charge on any atom is -0.494 e. The zero-order valence-electron chi connectivity index (χ0n) is 18.4. The molecule has 0 aliphatic rings. The Morgan fingerprint density at radius 1 is 0.906 bits per heavy atom. The quantitative estimate of drug-likeness (QED) is 0.293. The van der Waals surface area contributed by atoms with Gasteiger partial charge in [0, 0.05) is 16.7 Å². The van der Waals surface area contributed by atoms with E-state index in [0.29, 0.717) is 11.1 Å². The van der Waals surface area contributed by atoms with E-state index in [2.05, 4.69) is 0 Å². The molecule has 1 unspecified atom stereocenters. The molecule has 3 aromatic carbocycles. The smallest absolute Gasteiger partial charge is 0.223 e. The molecule has 0 aliphatic carbocycles. The number of carbonyl (C=O) groups is 2. The summed E-state index contributed by atoms with van der Waals surface area (Å²) in [4.78, 5) is 26.3. The molecular weight excluding hydrogens is 466 g/mol. The lowest BCUT2D eigenvalue weighted by Gasteiger charge is -2.17. The van der Waals surface area contributed by atoms with E-state index in [-0.39, 0.29) is 32.4 Å². The summed E-state index contributed by atoms with van der Waals surface area (Å²) >= 11 is 13.0. The zero-order valence-corrected chi connectivity index (χ0v) is 20.9. The third-order valence-electron chi connectivity index (χ3n) is 5.67. The van der Waals surface area contributed by atoms with E-state index in [9.17, 15) is 14.2 Å². The van der Waals surface area contributed by atoms with Crippen molar-refractivity contribution in [2.45, 2.75) is 27.7 Å². The fourth-order valence-electron chi connectivity index (χ4n) is 3.78. The summed E-state index contributed by atoms with van der Waals surface area (Å²) in [5, 5.41) is -0.00171. The molecule has 0 heterocycles. The van der Waals surface area contributed by atoms with E-state index in [0.717, 1.165) is 22.3 Å². The van der Waals surface area contributed by atoms with Crippen molar-refractivity contribution in [2.24, 2.45) is 0 Å². The average molecular weight is 489 g/mol. The summed E-state index contributed by atoms with van der Waals surface area (Å²) < 4.78 is 18.9. The van der Waals surface area contributed by atoms with Gasteiger partial charge in [-0.2, -0.15) is 0 Å². The lowest BCUT2D eigenvalue weighted by molar-refractivity contribution is 0.103. The fourth-order valence-corrected chi connectivity index (χ4v) is 6.18. The topological polar surface area (TPSA) is 60.4 Å². The Labute approximate surface area is 198 Å². The van der Waals surface area contributed by atoms with Gasteiger partial charge in [0.25, 0.3) is 0 Å². The lowest BCUT2D eigenvalue weighted by atomic mass is 9.95. The van der Waals surface area contributed by atoms with Crippen molar-refractivity contribution in [1.29, 1.82) is 0 Å². The minimum atomic E-state index is -3.11. The van der Waals surface area contributed by atoms with Gasteiger partial charge in [0.15, 0.2) is 19.3 Å². The number of rotatable bonds is 6. The number of ether oxygens (including phenoxy) is 1. The number of aryl methyl sites for hydroxylation is 2. The van der Waals surface area contributed by atoms with E-state index in [1.807, 2.05) is 33.8 Å². The van der Waals surface area contributed by atoms with Crippen LogP contribution in [0.3, 0.4) is 0 Å². The van der Waals surface area contributed by atoms with Crippen molar-refractivity contribution in [2.75, 3.05) is 7.11 Å². The molecule has 3 aromatic rings. The number of methoxy groups -OCH3 is 1. The number of halogens is 2. The van der Waals surface area contributed by atoms with Crippen LogP contribution in [0.4, 0.5) is 0 Å². The predicted octanol–water partition coefficient (Wildman–Crippen LogP) is 6.49. The van der Waals surface area contributed by atoms with Crippen LogP contribution >= 0.6 is 31.0 Å². The van der Waals surface area contributed by atoms with Crippen LogP contribution in [0.15, 0.2) is 42.5 Å². The number of hydrogen-bond donors (Lipinski definition) is 0. The molecular formula is C25H23Cl2O4P. The van der Waals surface area contributed by atoms with Crippen LogP contribution in [-0.2, 0) is 4.57 Å². The molecule has 1 atom stereocenters. The van der Waals surface area contributed by atoms with Crippen molar-refractivity contribution in [3.63, 3.8) is 0 Å². The normalized spacial score (nSPS) is 11.8. The van der Waals surface area contributed by atoms with Crippen LogP contribution in [0.5, 0.6) is 5.75 Å². The largest absolute Gasteiger partial charge is 0.494 e. The third kappa shape index (κ3) is 4.28. The van der Waals surface area contributed by atoms with Gasteiger partial charge in [0.05, 0.1) is 22.5 Å². The highest BCUT2D eigenvalue weighted by molar-refractivity contribution is 7.72. The molecule has 0 N–H and O–H groups in total. The van der Waals surface area contributed by atoms with Gasteiger partial charge in [-0.05, 0) is 56.0 Å². The fraction of sp³-hybridized carbons (Fsp3) is 0.200. The summed E-state index contributed by atoms with van der Waals surface area (Å²) in [5.41, 5.74) is 3.97. The molecule has 3 rings (SSSR count). The van der Waals surface area contributed by atoms with E-state index >= 15 is 0 Å². The summed E-state index contributed by atoms with van der Waals surface area (Å²) in [7, 11) is -1.77. The van der Waals surface area contributed by atoms with E-state index in [1.165, 1.54) is 13.2 Å². The van der Waals surface area contributed by atoms with Crippen LogP contribution in [0, 0.1) is 27.7 Å². The maximum atomic E-state index is 13.5. The Hall–Kier alpha value is -2.39. The highest BCUT2D eigenvalue weighted by Gasteiger charge is 2.30. The van der Waals surface area contributed by atoms with Crippen LogP contribution < -0.4 is 10.0 Å². The SMILES string of the molecule is COc1c(Cl)c(C(=O)c2ccccc2)cc(Cl)c1[PH](=O)C(=O)c1c(C)cc(C)c(C)c1C. The zero-order chi connectivity index (χ0) is 23.7. The second-order valence-corrected chi connectivity index (χ2v) is 10.0. The first-order valence-electron chi connectivity index (χ1n) is 9.92. The molecule has 0 fully saturated rings. The van der Waals surface area contributed by atoms with Crippen molar-refractivity contribution >= 4 is 47.6 Å². The average Bonchev–Trinajstić information content (AvgIpc) is 2.78. The van der Waals surface area contributed by atoms with Crippen molar-refractivity contribution in [3.05, 3.63) is 91.5 Å². The monoisotopic (exact) mass is 488 g/mol. The molecule has 0 aromatic heterocycles. The van der Waals surface area contributed by atoms with Crippen molar-refractivity contribution in [3.8, 4) is 5.75 Å². The Bertz CT molecular complexity index is 1270. The molecule has 0 amide bonds. The van der Waals surface area contributed by atoms with E-state index < -0.39 is 13.3 Å². The van der Waals surface area contributed by atoms with Crippen molar-refractivity contribution < 1.29 is 18.9 Å². The Balaban J connectivity index is 2.14. The molecule has 0 saturated carbocycles. The van der Waals surface area contributed by atoms with Gasteiger partial charge in [0.2, 0.25) is 5.52 Å². The minimum absolute atomic E-state index is 0.00177. The summed E-state index contributed by atoms with van der Waals surface area (Å²) in [6.07, 6.45) is 0. The molecule has 7 heteroatoms. The molecule has 0 radical (unpaired) electrons. The highest BCUT2D eigenvalue weighted by atomic mass is 35.5. The van der Waals surface area contributed by atoms with Crippen LogP contribution in [0.2, 0.25) is 10.0 Å². The van der Waals surface area contributed by atoms with Crippen LogP contribution in [-0.4, -0.2) is 18.4 Å². The van der Waals surface area contributed by atoms with E-state index in [1.54, 1.807) is 30.3 Å². The molecule has 4 nitrogen and oxygen atoms in total. The summed E-state index contributed by atoms with van der Waals surface area (Å²) in [5.74, 6) is -0.371. The van der Waals surface area contributed by atoms with Gasteiger partial charge in [-0.1, -0.05) is 59.6 Å². The van der Waals surface area contributed by atoms with Gasteiger partial charge in [-0.15, -0.1) is 0 Å².